The van der Waals surface area contributed by atoms with Crippen molar-refractivity contribution in [2.24, 2.45) is 0 Å². The minimum atomic E-state index is -0.801. The predicted octanol–water partition coefficient (Wildman–Crippen LogP) is 2.52. The third-order valence-corrected chi connectivity index (χ3v) is 4.07. The number of halogens is 1. The van der Waals surface area contributed by atoms with Gasteiger partial charge in [0, 0.05) is 12.6 Å². The summed E-state index contributed by atoms with van der Waals surface area (Å²) in [7, 11) is 0. The maximum Gasteiger partial charge on any atom is 0.265 e. The third kappa shape index (κ3) is 4.55. The van der Waals surface area contributed by atoms with Gasteiger partial charge in [0.05, 0.1) is 12.2 Å². The molecule has 1 N–H and O–H groups in total. The Balaban J connectivity index is 1.73. The molecule has 1 heterocycles. The fourth-order valence-corrected chi connectivity index (χ4v) is 2.75. The molecule has 0 saturated heterocycles. The number of hydrogen-bond acceptors (Lipinski definition) is 4. The fraction of sp³-hybridized carbons (Fsp3) is 0.300. The summed E-state index contributed by atoms with van der Waals surface area (Å²) in [4.78, 5) is 26.5. The molecule has 1 aliphatic heterocycles. The van der Waals surface area contributed by atoms with Gasteiger partial charge in [0.15, 0.2) is 12.7 Å². The molecule has 0 aliphatic carbocycles. The van der Waals surface area contributed by atoms with Crippen LogP contribution in [0.25, 0.3) is 0 Å². The molecular formula is C20H21FN2O4. The first-order chi connectivity index (χ1) is 13.1. The molecule has 1 aliphatic rings. The molecule has 0 saturated carbocycles. The zero-order chi connectivity index (χ0) is 19.2. The monoisotopic (exact) mass is 372 g/mol. The number of carbonyl (C=O) groups excluding carboxylic acids is 2. The van der Waals surface area contributed by atoms with E-state index < -0.39 is 11.9 Å². The van der Waals surface area contributed by atoms with Crippen LogP contribution < -0.4 is 19.7 Å². The van der Waals surface area contributed by atoms with E-state index in [1.54, 1.807) is 30.3 Å². The van der Waals surface area contributed by atoms with Crippen LogP contribution in [0.1, 0.15) is 13.3 Å². The number of carbonyl (C=O) groups is 2. The van der Waals surface area contributed by atoms with Crippen LogP contribution >= 0.6 is 0 Å². The summed E-state index contributed by atoms with van der Waals surface area (Å²) >= 11 is 0. The second kappa shape index (κ2) is 8.53. The molecule has 3 rings (SSSR count). The van der Waals surface area contributed by atoms with E-state index in [1.165, 1.54) is 23.1 Å². The molecule has 7 heteroatoms. The largest absolute Gasteiger partial charge is 0.484 e. The lowest BCUT2D eigenvalue weighted by atomic mass is 10.1. The number of nitrogens with zero attached hydrogens (tertiary/aromatic N) is 1. The van der Waals surface area contributed by atoms with Crippen molar-refractivity contribution in [1.29, 1.82) is 0 Å². The van der Waals surface area contributed by atoms with E-state index in [2.05, 4.69) is 5.32 Å². The Labute approximate surface area is 156 Å². The molecule has 0 unspecified atom stereocenters. The second-order valence-electron chi connectivity index (χ2n) is 6.12. The quantitative estimate of drug-likeness (QED) is 0.846. The number of rotatable bonds is 6. The Morgan fingerprint density at radius 3 is 2.85 bits per heavy atom. The summed E-state index contributed by atoms with van der Waals surface area (Å²) < 4.78 is 24.4. The SMILES string of the molecule is CCCNC(=O)[C@H]1CN(C(=O)COc2cccc(F)c2)c2ccccc2O1. The number of nitrogens with one attached hydrogen (secondary N) is 1. The van der Waals surface area contributed by atoms with Crippen LogP contribution in [-0.4, -0.2) is 37.6 Å². The van der Waals surface area contributed by atoms with Gasteiger partial charge in [-0.25, -0.2) is 4.39 Å². The molecule has 0 fully saturated rings. The second-order valence-corrected chi connectivity index (χ2v) is 6.12. The van der Waals surface area contributed by atoms with Gasteiger partial charge >= 0.3 is 0 Å². The molecule has 1 atom stereocenters. The van der Waals surface area contributed by atoms with Gasteiger partial charge in [0.25, 0.3) is 11.8 Å². The van der Waals surface area contributed by atoms with Gasteiger partial charge in [-0.3, -0.25) is 9.59 Å². The van der Waals surface area contributed by atoms with Gasteiger partial charge in [-0.2, -0.15) is 0 Å². The lowest BCUT2D eigenvalue weighted by Crippen LogP contribution is -2.51. The molecule has 0 spiro atoms. The minimum Gasteiger partial charge on any atom is -0.484 e. The highest BCUT2D eigenvalue weighted by atomic mass is 19.1. The first-order valence-corrected chi connectivity index (χ1v) is 8.80. The smallest absolute Gasteiger partial charge is 0.265 e. The number of hydrogen-bond donors (Lipinski definition) is 1. The Morgan fingerprint density at radius 2 is 2.07 bits per heavy atom. The van der Waals surface area contributed by atoms with Crippen LogP contribution in [0, 0.1) is 5.82 Å². The highest BCUT2D eigenvalue weighted by Crippen LogP contribution is 2.33. The molecule has 2 aromatic rings. The number of fused-ring (bicyclic) bond motifs is 1. The van der Waals surface area contributed by atoms with Crippen molar-refractivity contribution in [2.45, 2.75) is 19.4 Å². The summed E-state index contributed by atoms with van der Waals surface area (Å²) in [6, 6.07) is 12.6. The van der Waals surface area contributed by atoms with Crippen LogP contribution in [0.5, 0.6) is 11.5 Å². The lowest BCUT2D eigenvalue weighted by Gasteiger charge is -2.34. The minimum absolute atomic E-state index is 0.0813. The van der Waals surface area contributed by atoms with Crippen molar-refractivity contribution in [3.63, 3.8) is 0 Å². The molecule has 0 aromatic heterocycles. The number of ether oxygens (including phenoxy) is 2. The molecule has 0 radical (unpaired) electrons. The number of anilines is 1. The van der Waals surface area contributed by atoms with Crippen molar-refractivity contribution in [1.82, 2.24) is 5.32 Å². The maximum absolute atomic E-state index is 13.2. The number of benzene rings is 2. The Kier molecular flexibility index (Phi) is 5.90. The molecule has 142 valence electrons. The first kappa shape index (κ1) is 18.7. The van der Waals surface area contributed by atoms with E-state index in [0.717, 1.165) is 6.42 Å². The van der Waals surface area contributed by atoms with E-state index >= 15 is 0 Å². The molecule has 6 nitrogen and oxygen atoms in total. The van der Waals surface area contributed by atoms with Crippen LogP contribution in [0.4, 0.5) is 10.1 Å². The predicted molar refractivity (Wildman–Crippen MR) is 98.4 cm³/mol. The average Bonchev–Trinajstić information content (AvgIpc) is 2.69. The molecule has 27 heavy (non-hydrogen) atoms. The summed E-state index contributed by atoms with van der Waals surface area (Å²) in [5.74, 6) is -0.329. The lowest BCUT2D eigenvalue weighted by molar-refractivity contribution is -0.128. The zero-order valence-corrected chi connectivity index (χ0v) is 15.0. The maximum atomic E-state index is 13.2. The van der Waals surface area contributed by atoms with Gasteiger partial charge in [0.2, 0.25) is 0 Å². The van der Waals surface area contributed by atoms with Crippen LogP contribution in [0.2, 0.25) is 0 Å². The fourth-order valence-electron chi connectivity index (χ4n) is 2.75. The highest BCUT2D eigenvalue weighted by Gasteiger charge is 2.33. The topological polar surface area (TPSA) is 67.9 Å². The van der Waals surface area contributed by atoms with E-state index in [1.807, 2.05) is 6.92 Å². The van der Waals surface area contributed by atoms with E-state index in [4.69, 9.17) is 9.47 Å². The number of amides is 2. The van der Waals surface area contributed by atoms with Crippen molar-refractivity contribution in [2.75, 3.05) is 24.6 Å². The standard InChI is InChI=1S/C20H21FN2O4/c1-2-10-22-20(25)18-12-23(16-8-3-4-9-17(16)27-18)19(24)13-26-15-7-5-6-14(21)11-15/h3-9,11,18H,2,10,12-13H2,1H3,(H,22,25)/t18-/m1/s1. The van der Waals surface area contributed by atoms with Crippen LogP contribution in [-0.2, 0) is 9.59 Å². The van der Waals surface area contributed by atoms with E-state index in [-0.39, 0.29) is 30.7 Å². The first-order valence-electron chi connectivity index (χ1n) is 8.80. The van der Waals surface area contributed by atoms with Crippen LogP contribution in [0.3, 0.4) is 0 Å². The van der Waals surface area contributed by atoms with Gasteiger partial charge in [-0.05, 0) is 30.7 Å². The summed E-state index contributed by atoms with van der Waals surface area (Å²) in [5.41, 5.74) is 0.574. The van der Waals surface area contributed by atoms with Crippen molar-refractivity contribution < 1.29 is 23.5 Å². The van der Waals surface area contributed by atoms with Gasteiger partial charge in [-0.1, -0.05) is 25.1 Å². The van der Waals surface area contributed by atoms with E-state index in [9.17, 15) is 14.0 Å². The third-order valence-electron chi connectivity index (χ3n) is 4.07. The van der Waals surface area contributed by atoms with Crippen LogP contribution in [0.15, 0.2) is 48.5 Å². The van der Waals surface area contributed by atoms with Gasteiger partial charge < -0.3 is 19.7 Å². The highest BCUT2D eigenvalue weighted by molar-refractivity contribution is 5.98. The van der Waals surface area contributed by atoms with E-state index in [0.29, 0.717) is 18.0 Å². The number of para-hydroxylation sites is 2. The summed E-state index contributed by atoms with van der Waals surface area (Å²) in [6.45, 7) is 2.30. The van der Waals surface area contributed by atoms with Crippen molar-refractivity contribution >= 4 is 17.5 Å². The Bertz CT molecular complexity index is 827. The van der Waals surface area contributed by atoms with Gasteiger partial charge in [-0.15, -0.1) is 0 Å². The average molecular weight is 372 g/mol. The molecule has 2 amide bonds. The van der Waals surface area contributed by atoms with Gasteiger partial charge in [0.1, 0.15) is 17.3 Å². The molecule has 0 bridgehead atoms. The Morgan fingerprint density at radius 1 is 1.26 bits per heavy atom. The molecule has 2 aromatic carbocycles. The Hall–Kier alpha value is -3.09. The summed E-state index contributed by atoms with van der Waals surface area (Å²) in [5, 5.41) is 2.78. The van der Waals surface area contributed by atoms with Crippen molar-refractivity contribution in [3.8, 4) is 11.5 Å². The zero-order valence-electron chi connectivity index (χ0n) is 15.0. The summed E-state index contributed by atoms with van der Waals surface area (Å²) in [6.07, 6.45) is 0.00340. The normalized spacial score (nSPS) is 15.5. The molecular weight excluding hydrogens is 351 g/mol. The van der Waals surface area contributed by atoms with Crippen molar-refractivity contribution in [3.05, 3.63) is 54.3 Å².